The van der Waals surface area contributed by atoms with E-state index in [9.17, 15) is 10.1 Å². The summed E-state index contributed by atoms with van der Waals surface area (Å²) >= 11 is 0. The molecule has 2 aromatic carbocycles. The van der Waals surface area contributed by atoms with E-state index in [-0.39, 0.29) is 17.6 Å². The maximum Gasteiger partial charge on any atom is 0.177 e. The molecular formula is C31H35N3O. The molecule has 1 spiro atoms. The average Bonchev–Trinajstić information content (AvgIpc) is 3.34. The topological polar surface area (TPSA) is 65.2 Å². The fourth-order valence-corrected chi connectivity index (χ4v) is 6.22. The number of allylic oxidation sites excluding steroid dienone is 1. The molecule has 0 amide bonds. The quantitative estimate of drug-likeness (QED) is 0.575. The Hall–Kier alpha value is -3.03. The molecule has 0 bridgehead atoms. The zero-order chi connectivity index (χ0) is 24.4. The van der Waals surface area contributed by atoms with Crippen molar-refractivity contribution in [2.24, 2.45) is 22.2 Å². The summed E-state index contributed by atoms with van der Waals surface area (Å²) in [6.07, 6.45) is 7.07. The second kappa shape index (κ2) is 9.91. The summed E-state index contributed by atoms with van der Waals surface area (Å²) in [7, 11) is 0. The Bertz CT molecular complexity index is 1180. The number of aryl methyl sites for hydroxylation is 1. The number of nitrogens with one attached hydrogen (secondary N) is 1. The number of carbonyl (C=O) groups is 1. The Labute approximate surface area is 209 Å². The lowest BCUT2D eigenvalue weighted by molar-refractivity contribution is -0.113. The van der Waals surface area contributed by atoms with Crippen molar-refractivity contribution < 1.29 is 4.79 Å². The highest BCUT2D eigenvalue weighted by Gasteiger charge is 2.40. The summed E-state index contributed by atoms with van der Waals surface area (Å²) in [5.41, 5.74) is 7.31. The number of Topliss-reactive ketones (excluding diaryl/α,β-unsaturated/α-hetero) is 1. The number of nitrogens with zero attached hydrogens (tertiary/aromatic N) is 2. The number of hydrogen-bond donors (Lipinski definition) is 1. The Balaban J connectivity index is 1.61. The number of hydrogen-bond acceptors (Lipinski definition) is 4. The number of rotatable bonds is 3. The Morgan fingerprint density at radius 2 is 1.66 bits per heavy atom. The zero-order valence-corrected chi connectivity index (χ0v) is 20.9. The second-order valence-corrected chi connectivity index (χ2v) is 10.9. The van der Waals surface area contributed by atoms with Crippen molar-refractivity contribution in [3.05, 3.63) is 70.8 Å². The van der Waals surface area contributed by atoms with Gasteiger partial charge in [0.2, 0.25) is 0 Å². The Morgan fingerprint density at radius 1 is 0.971 bits per heavy atom. The largest absolute Gasteiger partial charge is 0.316 e. The first kappa shape index (κ1) is 23.7. The van der Waals surface area contributed by atoms with E-state index in [0.29, 0.717) is 17.4 Å². The monoisotopic (exact) mass is 465 g/mol. The van der Waals surface area contributed by atoms with Gasteiger partial charge in [-0.1, -0.05) is 48.9 Å². The predicted octanol–water partition coefficient (Wildman–Crippen LogP) is 6.34. The van der Waals surface area contributed by atoms with E-state index in [4.69, 9.17) is 4.99 Å². The van der Waals surface area contributed by atoms with Crippen LogP contribution >= 0.6 is 0 Å². The van der Waals surface area contributed by atoms with Crippen LogP contribution in [-0.2, 0) is 4.79 Å². The number of carbonyl (C=O) groups excluding carboxylic acids is 1. The molecule has 180 valence electrons. The van der Waals surface area contributed by atoms with Crippen molar-refractivity contribution in [2.75, 3.05) is 13.1 Å². The Morgan fingerprint density at radius 3 is 2.29 bits per heavy atom. The molecule has 35 heavy (non-hydrogen) atoms. The van der Waals surface area contributed by atoms with Gasteiger partial charge < -0.3 is 5.32 Å². The smallest absolute Gasteiger partial charge is 0.177 e. The number of benzene rings is 2. The van der Waals surface area contributed by atoms with Crippen LogP contribution in [0.15, 0.2) is 53.5 Å². The first-order chi connectivity index (χ1) is 17.0. The van der Waals surface area contributed by atoms with E-state index in [0.717, 1.165) is 49.3 Å². The van der Waals surface area contributed by atoms with Crippen LogP contribution in [-0.4, -0.2) is 24.6 Å². The van der Waals surface area contributed by atoms with Gasteiger partial charge in [-0.15, -0.1) is 0 Å². The van der Waals surface area contributed by atoms with E-state index in [1.165, 1.54) is 36.0 Å². The third-order valence-corrected chi connectivity index (χ3v) is 8.49. The second-order valence-electron chi connectivity index (χ2n) is 10.9. The van der Waals surface area contributed by atoms with E-state index in [1.807, 2.05) is 24.3 Å². The van der Waals surface area contributed by atoms with Crippen LogP contribution in [0.1, 0.15) is 74.1 Å². The lowest BCUT2D eigenvalue weighted by Gasteiger charge is -2.37. The van der Waals surface area contributed by atoms with Gasteiger partial charge in [0.25, 0.3) is 0 Å². The summed E-state index contributed by atoms with van der Waals surface area (Å²) in [6.45, 7) is 6.55. The van der Waals surface area contributed by atoms with Gasteiger partial charge in [0.15, 0.2) is 5.78 Å². The van der Waals surface area contributed by atoms with Crippen LogP contribution in [0.5, 0.6) is 0 Å². The maximum absolute atomic E-state index is 13.5. The lowest BCUT2D eigenvalue weighted by atomic mass is 9.68. The summed E-state index contributed by atoms with van der Waals surface area (Å²) in [5.74, 6) is 0.656. The van der Waals surface area contributed by atoms with E-state index in [2.05, 4.69) is 49.5 Å². The molecule has 2 fully saturated rings. The molecule has 1 N–H and O–H groups in total. The molecule has 1 atom stereocenters. The molecule has 2 heterocycles. The maximum atomic E-state index is 13.5. The molecule has 1 unspecified atom stereocenters. The third kappa shape index (κ3) is 4.88. The standard InChI is InChI=1S/C31H35N3O/c1-21-3-8-24(9-4-21)28-22(2)5-12-27(35)29(26-13-15-31(16-14-26)17-18-33-20-31)34-30(28)25-10-6-23(19-32)7-11-25/h3-4,6-11,22,26,33H,5,12-18,20H2,1-2H3/b30-28+,34-29?. The molecule has 4 heteroatoms. The van der Waals surface area contributed by atoms with Crippen molar-refractivity contribution in [1.29, 1.82) is 5.26 Å². The van der Waals surface area contributed by atoms with E-state index >= 15 is 0 Å². The van der Waals surface area contributed by atoms with Crippen LogP contribution in [0.2, 0.25) is 0 Å². The highest BCUT2D eigenvalue weighted by molar-refractivity contribution is 6.41. The minimum Gasteiger partial charge on any atom is -0.316 e. The van der Waals surface area contributed by atoms with Gasteiger partial charge in [-0.2, -0.15) is 5.26 Å². The van der Waals surface area contributed by atoms with Gasteiger partial charge in [0, 0.05) is 24.4 Å². The average molecular weight is 466 g/mol. The van der Waals surface area contributed by atoms with E-state index < -0.39 is 0 Å². The van der Waals surface area contributed by atoms with Crippen molar-refractivity contribution in [3.63, 3.8) is 0 Å². The minimum absolute atomic E-state index is 0.205. The molecule has 2 aromatic rings. The summed E-state index contributed by atoms with van der Waals surface area (Å²) in [6, 6.07) is 18.6. The van der Waals surface area contributed by atoms with E-state index in [1.54, 1.807) is 0 Å². The van der Waals surface area contributed by atoms with Crippen LogP contribution in [0.4, 0.5) is 0 Å². The van der Waals surface area contributed by atoms with Gasteiger partial charge in [-0.05, 0) is 86.6 Å². The van der Waals surface area contributed by atoms with Crippen LogP contribution < -0.4 is 5.32 Å². The van der Waals surface area contributed by atoms with Crippen molar-refractivity contribution >= 4 is 22.8 Å². The molecule has 5 rings (SSSR count). The summed E-state index contributed by atoms with van der Waals surface area (Å²) in [5, 5.41) is 12.9. The molecule has 1 saturated heterocycles. The first-order valence-electron chi connectivity index (χ1n) is 13.1. The van der Waals surface area contributed by atoms with Crippen molar-refractivity contribution in [1.82, 2.24) is 5.32 Å². The highest BCUT2D eigenvalue weighted by Crippen LogP contribution is 2.45. The minimum atomic E-state index is 0.205. The van der Waals surface area contributed by atoms with Gasteiger partial charge in [0.1, 0.15) is 0 Å². The van der Waals surface area contributed by atoms with Gasteiger partial charge in [-0.25, -0.2) is 4.99 Å². The SMILES string of the molecule is Cc1ccc(/C2=C(\c3ccc(C#N)cc3)N=C(C3CCC4(CCNC4)CC3)C(=O)CCC2C)cc1. The van der Waals surface area contributed by atoms with Gasteiger partial charge in [0.05, 0.1) is 23.0 Å². The van der Waals surface area contributed by atoms with Gasteiger partial charge >= 0.3 is 0 Å². The molecule has 2 aliphatic heterocycles. The molecule has 0 aromatic heterocycles. The molecule has 3 aliphatic rings. The molecule has 1 saturated carbocycles. The molecule has 1 aliphatic carbocycles. The van der Waals surface area contributed by atoms with Crippen molar-refractivity contribution in [2.45, 2.75) is 58.8 Å². The number of ketones is 1. The lowest BCUT2D eigenvalue weighted by Crippen LogP contribution is -2.35. The van der Waals surface area contributed by atoms with Gasteiger partial charge in [-0.3, -0.25) is 4.79 Å². The molecule has 4 nitrogen and oxygen atoms in total. The Kier molecular flexibility index (Phi) is 6.71. The van der Waals surface area contributed by atoms with Crippen LogP contribution in [0.3, 0.4) is 0 Å². The summed E-state index contributed by atoms with van der Waals surface area (Å²) in [4.78, 5) is 18.7. The number of aliphatic imine (C=N–C) groups is 1. The molecular weight excluding hydrogens is 430 g/mol. The fraction of sp³-hybridized carbons (Fsp3) is 0.452. The summed E-state index contributed by atoms with van der Waals surface area (Å²) < 4.78 is 0. The fourth-order valence-electron chi connectivity index (χ4n) is 6.22. The highest BCUT2D eigenvalue weighted by atomic mass is 16.1. The predicted molar refractivity (Wildman–Crippen MR) is 142 cm³/mol. The normalized spacial score (nSPS) is 29.4. The zero-order valence-electron chi connectivity index (χ0n) is 20.9. The van der Waals surface area contributed by atoms with Crippen LogP contribution in [0.25, 0.3) is 11.3 Å². The van der Waals surface area contributed by atoms with Crippen molar-refractivity contribution in [3.8, 4) is 6.07 Å². The third-order valence-electron chi connectivity index (χ3n) is 8.49. The number of nitriles is 1. The molecule has 0 radical (unpaired) electrons. The van der Waals surface area contributed by atoms with Crippen LogP contribution in [0, 0.1) is 35.5 Å². The first-order valence-corrected chi connectivity index (χ1v) is 13.1.